The van der Waals surface area contributed by atoms with Crippen molar-refractivity contribution in [1.29, 1.82) is 0 Å². The van der Waals surface area contributed by atoms with Crippen LogP contribution in [0.5, 0.6) is 5.75 Å². The molecule has 3 aromatic rings. The number of nitrogens with one attached hydrogen (secondary N) is 1. The number of nitrogens with zero attached hydrogens (tertiary/aromatic N) is 2. The van der Waals surface area contributed by atoms with Crippen molar-refractivity contribution in [2.45, 2.75) is 40.7 Å². The zero-order valence-electron chi connectivity index (χ0n) is 21.0. The van der Waals surface area contributed by atoms with Crippen molar-refractivity contribution in [1.82, 2.24) is 9.99 Å². The van der Waals surface area contributed by atoms with Crippen LogP contribution in [-0.4, -0.2) is 47.9 Å². The summed E-state index contributed by atoms with van der Waals surface area (Å²) in [5.74, 6) is -0.883. The first kappa shape index (κ1) is 26.5. The molecule has 0 spiro atoms. The second-order valence-electron chi connectivity index (χ2n) is 8.08. The fourth-order valence-corrected chi connectivity index (χ4v) is 3.78. The van der Waals surface area contributed by atoms with Gasteiger partial charge in [-0.05, 0) is 51.5 Å². The number of rotatable bonds is 11. The number of hydrogen-bond acceptors (Lipinski definition) is 7. The zero-order valence-corrected chi connectivity index (χ0v) is 21.0. The highest BCUT2D eigenvalue weighted by molar-refractivity contribution is 6.06. The second-order valence-corrected chi connectivity index (χ2v) is 8.08. The lowest BCUT2D eigenvalue weighted by Gasteiger charge is -2.09. The highest BCUT2D eigenvalue weighted by atomic mass is 16.5. The Labute approximate surface area is 210 Å². The Balaban J connectivity index is 1.78. The molecule has 36 heavy (non-hydrogen) atoms. The number of fused-ring (bicyclic) bond motifs is 1. The van der Waals surface area contributed by atoms with Gasteiger partial charge in [-0.15, -0.1) is 0 Å². The predicted molar refractivity (Wildman–Crippen MR) is 136 cm³/mol. The number of carbonyl (C=O) groups is 3. The van der Waals surface area contributed by atoms with Crippen molar-refractivity contribution in [3.8, 4) is 5.75 Å². The third kappa shape index (κ3) is 6.71. The van der Waals surface area contributed by atoms with Crippen LogP contribution in [0.4, 0.5) is 0 Å². The molecule has 0 unspecified atom stereocenters. The Kier molecular flexibility index (Phi) is 9.21. The number of hydrogen-bond donors (Lipinski definition) is 1. The van der Waals surface area contributed by atoms with Crippen LogP contribution >= 0.6 is 0 Å². The van der Waals surface area contributed by atoms with E-state index in [1.807, 2.05) is 43.3 Å². The topological polar surface area (TPSA) is 108 Å². The van der Waals surface area contributed by atoms with Crippen LogP contribution in [0.25, 0.3) is 10.9 Å². The predicted octanol–water partition coefficient (Wildman–Crippen LogP) is 4.00. The molecule has 9 nitrogen and oxygen atoms in total. The van der Waals surface area contributed by atoms with Gasteiger partial charge in [0, 0.05) is 28.9 Å². The molecule has 0 aliphatic rings. The highest BCUT2D eigenvalue weighted by Gasteiger charge is 2.22. The molecule has 0 aliphatic heterocycles. The molecule has 0 radical (unpaired) electrons. The molecule has 1 amide bonds. The monoisotopic (exact) mass is 493 g/mol. The third-order valence-electron chi connectivity index (χ3n) is 5.40. The Morgan fingerprint density at radius 2 is 1.72 bits per heavy atom. The maximum absolute atomic E-state index is 12.8. The van der Waals surface area contributed by atoms with Gasteiger partial charge in [-0.3, -0.25) is 9.59 Å². The van der Waals surface area contributed by atoms with E-state index < -0.39 is 17.8 Å². The van der Waals surface area contributed by atoms with Gasteiger partial charge in [0.2, 0.25) is 0 Å². The number of benzene rings is 2. The second kappa shape index (κ2) is 12.5. The van der Waals surface area contributed by atoms with Crippen molar-refractivity contribution in [3.05, 3.63) is 65.4 Å². The van der Waals surface area contributed by atoms with Gasteiger partial charge in [0.1, 0.15) is 5.75 Å². The van der Waals surface area contributed by atoms with Gasteiger partial charge in [0.25, 0.3) is 5.91 Å². The van der Waals surface area contributed by atoms with Crippen LogP contribution in [0.2, 0.25) is 0 Å². The largest absolute Gasteiger partial charge is 0.484 e. The first-order chi connectivity index (χ1) is 17.3. The van der Waals surface area contributed by atoms with E-state index in [1.165, 1.54) is 0 Å². The highest BCUT2D eigenvalue weighted by Crippen LogP contribution is 2.31. The molecule has 0 fully saturated rings. The minimum Gasteiger partial charge on any atom is -0.484 e. The van der Waals surface area contributed by atoms with Crippen LogP contribution in [0, 0.1) is 6.92 Å². The molecule has 9 heteroatoms. The standard InChI is InChI=1S/C27H31N3O6/c1-5-34-25(32)14-18(3)28-29-24(31)17-36-21-12-13-23-22(15-21)26(27(33)35-6-2)19(4)30(23)16-20-10-8-7-9-11-20/h7-13,15H,5-6,14,16-17H2,1-4H3,(H,29,31)/b28-18-. The van der Waals surface area contributed by atoms with E-state index in [1.54, 1.807) is 32.9 Å². The minimum atomic E-state index is -0.484. The van der Waals surface area contributed by atoms with E-state index in [0.717, 1.165) is 16.8 Å². The van der Waals surface area contributed by atoms with E-state index in [-0.39, 0.29) is 26.2 Å². The van der Waals surface area contributed by atoms with Crippen LogP contribution < -0.4 is 10.2 Å². The Morgan fingerprint density at radius 1 is 1.00 bits per heavy atom. The maximum atomic E-state index is 12.8. The van der Waals surface area contributed by atoms with Crippen molar-refractivity contribution in [2.24, 2.45) is 5.10 Å². The van der Waals surface area contributed by atoms with Crippen molar-refractivity contribution >= 4 is 34.5 Å². The van der Waals surface area contributed by atoms with Crippen molar-refractivity contribution in [2.75, 3.05) is 19.8 Å². The number of hydrazone groups is 1. The van der Waals surface area contributed by atoms with Gasteiger partial charge in [-0.1, -0.05) is 30.3 Å². The Hall–Kier alpha value is -4.14. The first-order valence-corrected chi connectivity index (χ1v) is 11.8. The van der Waals surface area contributed by atoms with E-state index in [4.69, 9.17) is 14.2 Å². The molecule has 0 atom stereocenters. The Morgan fingerprint density at radius 3 is 2.42 bits per heavy atom. The average Bonchev–Trinajstić information content (AvgIpc) is 3.12. The van der Waals surface area contributed by atoms with E-state index in [0.29, 0.717) is 29.0 Å². The van der Waals surface area contributed by atoms with Crippen molar-refractivity contribution in [3.63, 3.8) is 0 Å². The normalized spacial score (nSPS) is 11.3. The summed E-state index contributed by atoms with van der Waals surface area (Å²) in [7, 11) is 0. The van der Waals surface area contributed by atoms with Gasteiger partial charge in [-0.25, -0.2) is 10.2 Å². The molecule has 0 saturated carbocycles. The summed E-state index contributed by atoms with van der Waals surface area (Å²) in [4.78, 5) is 36.5. The van der Waals surface area contributed by atoms with Gasteiger partial charge in [0.05, 0.1) is 25.2 Å². The van der Waals surface area contributed by atoms with Gasteiger partial charge in [-0.2, -0.15) is 5.10 Å². The summed E-state index contributed by atoms with van der Waals surface area (Å²) in [6.45, 7) is 7.83. The number of esters is 2. The van der Waals surface area contributed by atoms with E-state index in [2.05, 4.69) is 15.1 Å². The summed E-state index contributed by atoms with van der Waals surface area (Å²) in [5.41, 5.74) is 5.99. The van der Waals surface area contributed by atoms with Crippen LogP contribution in [-0.2, 0) is 25.6 Å². The van der Waals surface area contributed by atoms with Crippen LogP contribution in [0.3, 0.4) is 0 Å². The summed E-state index contributed by atoms with van der Waals surface area (Å²) >= 11 is 0. The lowest BCUT2D eigenvalue weighted by molar-refractivity contribution is -0.141. The van der Waals surface area contributed by atoms with Crippen LogP contribution in [0.1, 0.15) is 48.8 Å². The molecule has 1 heterocycles. The lowest BCUT2D eigenvalue weighted by Crippen LogP contribution is -2.26. The van der Waals surface area contributed by atoms with Gasteiger partial charge < -0.3 is 18.8 Å². The number of carbonyl (C=O) groups excluding carboxylic acids is 3. The van der Waals surface area contributed by atoms with Crippen molar-refractivity contribution < 1.29 is 28.6 Å². The zero-order chi connectivity index (χ0) is 26.1. The van der Waals surface area contributed by atoms with Gasteiger partial charge >= 0.3 is 11.9 Å². The first-order valence-electron chi connectivity index (χ1n) is 11.8. The molecule has 0 aliphatic carbocycles. The summed E-state index contributed by atoms with van der Waals surface area (Å²) in [6.07, 6.45) is -0.0123. The molecule has 2 aromatic carbocycles. The van der Waals surface area contributed by atoms with Crippen LogP contribution in [0.15, 0.2) is 53.6 Å². The number of amides is 1. The third-order valence-corrected chi connectivity index (χ3v) is 5.40. The summed E-state index contributed by atoms with van der Waals surface area (Å²) < 4.78 is 17.9. The Bertz CT molecular complexity index is 1260. The van der Waals surface area contributed by atoms with E-state index >= 15 is 0 Å². The minimum absolute atomic E-state index is 0.0123. The molecular weight excluding hydrogens is 462 g/mol. The van der Waals surface area contributed by atoms with Gasteiger partial charge in [0.15, 0.2) is 6.61 Å². The molecule has 190 valence electrons. The smallest absolute Gasteiger partial charge is 0.340 e. The summed E-state index contributed by atoms with van der Waals surface area (Å²) in [5, 5.41) is 4.58. The lowest BCUT2D eigenvalue weighted by atomic mass is 10.1. The molecule has 1 aromatic heterocycles. The number of aromatic nitrogens is 1. The fraction of sp³-hybridized carbons (Fsp3) is 0.333. The average molecular weight is 494 g/mol. The summed E-state index contributed by atoms with van der Waals surface area (Å²) in [6, 6.07) is 15.3. The molecular formula is C27H31N3O6. The quantitative estimate of drug-likeness (QED) is 0.246. The molecule has 1 N–H and O–H groups in total. The maximum Gasteiger partial charge on any atom is 0.340 e. The molecule has 0 bridgehead atoms. The SMILES string of the molecule is CCOC(=O)C/C(C)=N\NC(=O)COc1ccc2c(c1)c(C(=O)OCC)c(C)n2Cc1ccccc1. The number of ether oxygens (including phenoxy) is 3. The molecule has 0 saturated heterocycles. The molecule has 3 rings (SSSR count). The van der Waals surface area contributed by atoms with E-state index in [9.17, 15) is 14.4 Å². The fourth-order valence-electron chi connectivity index (χ4n) is 3.78.